The maximum atomic E-state index is 6.02. The summed E-state index contributed by atoms with van der Waals surface area (Å²) in [4.78, 5) is 2.33. The van der Waals surface area contributed by atoms with Crippen LogP contribution < -0.4 is 16.0 Å². The van der Waals surface area contributed by atoms with Crippen LogP contribution in [0, 0.1) is 6.92 Å². The molecule has 0 saturated carbocycles. The quantitative estimate of drug-likeness (QED) is 0.801. The Morgan fingerprint density at radius 1 is 1.00 bits per heavy atom. The lowest BCUT2D eigenvalue weighted by atomic mass is 10.1. The molecular weight excluding hydrogens is 246 g/mol. The third kappa shape index (κ3) is 3.05. The van der Waals surface area contributed by atoms with Gasteiger partial charge in [-0.15, -0.1) is 0 Å². The first-order valence-electron chi connectivity index (χ1n) is 7.12. The number of hydrogen-bond acceptors (Lipinski definition) is 3. The van der Waals surface area contributed by atoms with Crippen molar-refractivity contribution in [2.24, 2.45) is 0 Å². The molecule has 0 unspecified atom stereocenters. The van der Waals surface area contributed by atoms with E-state index < -0.39 is 0 Å². The fraction of sp³-hybridized carbons (Fsp3) is 0.294. The summed E-state index contributed by atoms with van der Waals surface area (Å²) >= 11 is 0. The second kappa shape index (κ2) is 6.33. The number of benzene rings is 2. The minimum Gasteiger partial charge on any atom is -0.397 e. The molecule has 106 valence electrons. The zero-order valence-electron chi connectivity index (χ0n) is 12.5. The average molecular weight is 269 g/mol. The van der Waals surface area contributed by atoms with Crippen LogP contribution in [0.4, 0.5) is 22.7 Å². The molecule has 0 aromatic heterocycles. The molecule has 3 heteroatoms. The summed E-state index contributed by atoms with van der Waals surface area (Å²) in [5.74, 6) is 0. The summed E-state index contributed by atoms with van der Waals surface area (Å²) < 4.78 is 0. The van der Waals surface area contributed by atoms with Crippen molar-refractivity contribution in [1.82, 2.24) is 0 Å². The van der Waals surface area contributed by atoms with Gasteiger partial charge in [0.25, 0.3) is 0 Å². The van der Waals surface area contributed by atoms with E-state index in [1.165, 1.54) is 5.69 Å². The molecule has 0 atom stereocenters. The molecular formula is C17H23N3. The van der Waals surface area contributed by atoms with Gasteiger partial charge in [-0.3, -0.25) is 0 Å². The summed E-state index contributed by atoms with van der Waals surface area (Å²) in [6.07, 6.45) is 0. The van der Waals surface area contributed by atoms with Crippen LogP contribution in [0.1, 0.15) is 19.4 Å². The minimum atomic E-state index is 0.776. The highest BCUT2D eigenvalue weighted by molar-refractivity contribution is 5.76. The van der Waals surface area contributed by atoms with E-state index in [-0.39, 0.29) is 0 Å². The van der Waals surface area contributed by atoms with Crippen molar-refractivity contribution in [3.63, 3.8) is 0 Å². The SMILES string of the molecule is CCN(CC)c1ccc(Nc2c(C)cccc2N)cc1. The largest absolute Gasteiger partial charge is 0.397 e. The second-order valence-corrected chi connectivity index (χ2v) is 4.88. The maximum absolute atomic E-state index is 6.02. The van der Waals surface area contributed by atoms with Crippen LogP contribution in [-0.2, 0) is 0 Å². The Hall–Kier alpha value is -2.16. The highest BCUT2D eigenvalue weighted by atomic mass is 15.1. The predicted octanol–water partition coefficient (Wildman–Crippen LogP) is 4.17. The summed E-state index contributed by atoms with van der Waals surface area (Å²) in [7, 11) is 0. The molecule has 20 heavy (non-hydrogen) atoms. The van der Waals surface area contributed by atoms with Gasteiger partial charge < -0.3 is 16.0 Å². The highest BCUT2D eigenvalue weighted by Crippen LogP contribution is 2.27. The zero-order chi connectivity index (χ0) is 14.5. The van der Waals surface area contributed by atoms with Crippen molar-refractivity contribution < 1.29 is 0 Å². The van der Waals surface area contributed by atoms with E-state index in [0.717, 1.165) is 35.7 Å². The lowest BCUT2D eigenvalue weighted by Gasteiger charge is -2.21. The van der Waals surface area contributed by atoms with E-state index in [0.29, 0.717) is 0 Å². The minimum absolute atomic E-state index is 0.776. The first-order valence-corrected chi connectivity index (χ1v) is 7.12. The van der Waals surface area contributed by atoms with Crippen molar-refractivity contribution in [2.45, 2.75) is 20.8 Å². The first kappa shape index (κ1) is 14.3. The Morgan fingerprint density at radius 2 is 1.65 bits per heavy atom. The van der Waals surface area contributed by atoms with Crippen molar-refractivity contribution in [1.29, 1.82) is 0 Å². The number of anilines is 4. The van der Waals surface area contributed by atoms with Crippen LogP contribution in [0.3, 0.4) is 0 Å². The number of aryl methyl sites for hydroxylation is 1. The fourth-order valence-electron chi connectivity index (χ4n) is 2.35. The first-order chi connectivity index (χ1) is 9.65. The number of hydrogen-bond donors (Lipinski definition) is 2. The van der Waals surface area contributed by atoms with Crippen LogP contribution in [0.2, 0.25) is 0 Å². The molecule has 0 radical (unpaired) electrons. The van der Waals surface area contributed by atoms with Crippen molar-refractivity contribution in [3.8, 4) is 0 Å². The zero-order valence-corrected chi connectivity index (χ0v) is 12.5. The molecule has 0 saturated heterocycles. The number of nitrogens with one attached hydrogen (secondary N) is 1. The number of nitrogen functional groups attached to an aromatic ring is 1. The number of nitrogens with two attached hydrogens (primary N) is 1. The van der Waals surface area contributed by atoms with Gasteiger partial charge in [-0.25, -0.2) is 0 Å². The van der Waals surface area contributed by atoms with Gasteiger partial charge in [0, 0.05) is 24.5 Å². The Balaban J connectivity index is 2.19. The summed E-state index contributed by atoms with van der Waals surface area (Å²) in [5.41, 5.74) is 11.2. The lowest BCUT2D eigenvalue weighted by molar-refractivity contribution is 0.866. The van der Waals surface area contributed by atoms with Crippen LogP contribution >= 0.6 is 0 Å². The molecule has 0 amide bonds. The van der Waals surface area contributed by atoms with Crippen LogP contribution in [0.25, 0.3) is 0 Å². The number of nitrogens with zero attached hydrogens (tertiary/aromatic N) is 1. The Bertz CT molecular complexity index is 537. The summed E-state index contributed by atoms with van der Waals surface area (Å²) in [6, 6.07) is 14.4. The third-order valence-corrected chi connectivity index (χ3v) is 3.57. The van der Waals surface area contributed by atoms with Crippen LogP contribution in [-0.4, -0.2) is 13.1 Å². The van der Waals surface area contributed by atoms with Gasteiger partial charge in [0.05, 0.1) is 11.4 Å². The van der Waals surface area contributed by atoms with Gasteiger partial charge in [0.15, 0.2) is 0 Å². The number of rotatable bonds is 5. The molecule has 0 spiro atoms. The van der Waals surface area contributed by atoms with E-state index in [2.05, 4.69) is 61.3 Å². The average Bonchev–Trinajstić information content (AvgIpc) is 2.46. The topological polar surface area (TPSA) is 41.3 Å². The molecule has 0 aliphatic carbocycles. The molecule has 2 aromatic rings. The highest BCUT2D eigenvalue weighted by Gasteiger charge is 2.04. The van der Waals surface area contributed by atoms with Crippen molar-refractivity contribution in [2.75, 3.05) is 29.0 Å². The Kier molecular flexibility index (Phi) is 4.51. The fourth-order valence-corrected chi connectivity index (χ4v) is 2.35. The van der Waals surface area contributed by atoms with Gasteiger partial charge in [0.2, 0.25) is 0 Å². The van der Waals surface area contributed by atoms with Crippen molar-refractivity contribution in [3.05, 3.63) is 48.0 Å². The normalized spacial score (nSPS) is 10.3. The van der Waals surface area contributed by atoms with Gasteiger partial charge in [-0.05, 0) is 56.7 Å². The molecule has 2 aromatic carbocycles. The Labute approximate surface area is 121 Å². The maximum Gasteiger partial charge on any atom is 0.0647 e. The summed E-state index contributed by atoms with van der Waals surface area (Å²) in [6.45, 7) is 8.44. The van der Waals surface area contributed by atoms with Crippen LogP contribution in [0.15, 0.2) is 42.5 Å². The second-order valence-electron chi connectivity index (χ2n) is 4.88. The van der Waals surface area contributed by atoms with E-state index in [4.69, 9.17) is 5.73 Å². The molecule has 0 aliphatic rings. The number of para-hydroxylation sites is 1. The van der Waals surface area contributed by atoms with E-state index >= 15 is 0 Å². The molecule has 3 N–H and O–H groups in total. The van der Waals surface area contributed by atoms with E-state index in [1.54, 1.807) is 0 Å². The van der Waals surface area contributed by atoms with Gasteiger partial charge in [-0.2, -0.15) is 0 Å². The summed E-state index contributed by atoms with van der Waals surface area (Å²) in [5, 5.41) is 3.40. The van der Waals surface area contributed by atoms with Gasteiger partial charge >= 0.3 is 0 Å². The Morgan fingerprint density at radius 3 is 2.20 bits per heavy atom. The molecule has 0 fully saturated rings. The standard InChI is InChI=1S/C17H23N3/c1-4-20(5-2)15-11-9-14(10-12-15)19-17-13(3)7-6-8-16(17)18/h6-12,19H,4-5,18H2,1-3H3. The van der Waals surface area contributed by atoms with Gasteiger partial charge in [-0.1, -0.05) is 12.1 Å². The lowest BCUT2D eigenvalue weighted by Crippen LogP contribution is -2.21. The molecule has 0 aliphatic heterocycles. The van der Waals surface area contributed by atoms with Crippen molar-refractivity contribution >= 4 is 22.7 Å². The smallest absolute Gasteiger partial charge is 0.0647 e. The third-order valence-electron chi connectivity index (χ3n) is 3.57. The molecule has 2 rings (SSSR count). The van der Waals surface area contributed by atoms with E-state index in [9.17, 15) is 0 Å². The monoisotopic (exact) mass is 269 g/mol. The molecule has 0 heterocycles. The van der Waals surface area contributed by atoms with E-state index in [1.807, 2.05) is 12.1 Å². The van der Waals surface area contributed by atoms with Gasteiger partial charge in [0.1, 0.15) is 0 Å². The predicted molar refractivity (Wildman–Crippen MR) is 88.9 cm³/mol. The molecule has 0 bridgehead atoms. The van der Waals surface area contributed by atoms with Crippen LogP contribution in [0.5, 0.6) is 0 Å². The molecule has 3 nitrogen and oxygen atoms in total.